The highest BCUT2D eigenvalue weighted by atomic mass is 35.5. The molecule has 0 saturated heterocycles. The van der Waals surface area contributed by atoms with Gasteiger partial charge in [0.2, 0.25) is 23.0 Å². The van der Waals surface area contributed by atoms with Crippen molar-refractivity contribution in [3.8, 4) is 0 Å². The average molecular weight is 1670 g/mol. The van der Waals surface area contributed by atoms with Crippen molar-refractivity contribution in [2.24, 2.45) is 0 Å². The number of H-pyrrole nitrogens is 3. The molecule has 12 aromatic rings. The number of allylic oxidation sites excluding steroid dienone is 1. The van der Waals surface area contributed by atoms with Crippen LogP contribution < -0.4 is 31.9 Å². The smallest absolute Gasteiger partial charge is 0.276 e. The Balaban J connectivity index is 0.000000163. The van der Waals surface area contributed by atoms with Crippen molar-refractivity contribution in [2.45, 2.75) is 77.8 Å². The van der Waals surface area contributed by atoms with Crippen LogP contribution in [0.4, 0.5) is 47.3 Å². The van der Waals surface area contributed by atoms with Gasteiger partial charge in [0.05, 0.1) is 39.3 Å². The predicted molar refractivity (Wildman–Crippen MR) is 456 cm³/mol. The molecule has 0 fully saturated rings. The number of rotatable bonds is 22. The van der Waals surface area contributed by atoms with E-state index in [2.05, 4.69) is 88.5 Å². The lowest BCUT2D eigenvalue weighted by Crippen LogP contribution is -2.38. The molecule has 3 aliphatic rings. The molecular weight excluding hydrogens is 1590 g/mol. The molecular formula is C90H84ClF3N18O10. The van der Waals surface area contributed by atoms with Crippen LogP contribution >= 0.6 is 11.6 Å². The third kappa shape index (κ3) is 21.4. The van der Waals surface area contributed by atoms with Gasteiger partial charge in [0.25, 0.3) is 35.4 Å². The molecule has 0 saturated carbocycles. The van der Waals surface area contributed by atoms with Crippen LogP contribution in [0, 0.1) is 17.5 Å². The molecule has 0 aliphatic carbocycles. The minimum atomic E-state index is -0.509. The fraction of sp³-hybridized carbons (Fsp3) is 0.167. The standard InChI is InChI=1S/3C29H27FN6O3.C3H3ClO/c3*1-3-25(37)32-21-10-12-22(13-11-21)33-28(38)26-23-17-35(29(39)24-5-4-14-31-24)15-18(2)27(23)36(34-26)16-19-6-8-20(30)9-7-19;1-2-3(4)5/h3*3-14,18,31H,1,15-17H2,2H3,(H,32,37)(H,33,38);2H,1H2/t2*18-;;/m10../s1. The van der Waals surface area contributed by atoms with E-state index in [-0.39, 0.29) is 107 Å². The number of carbonyl (C=O) groups excluding carboxylic acids is 10. The Labute approximate surface area is 703 Å². The lowest BCUT2D eigenvalue weighted by atomic mass is 9.95. The number of nitrogens with one attached hydrogen (secondary N) is 9. The number of hydrogen-bond acceptors (Lipinski definition) is 13. The maximum atomic E-state index is 13.5. The summed E-state index contributed by atoms with van der Waals surface area (Å²) in [4.78, 5) is 138. The summed E-state index contributed by atoms with van der Waals surface area (Å²) in [6, 6.07) is 48.9. The second kappa shape index (κ2) is 39.3. The predicted octanol–water partition coefficient (Wildman–Crippen LogP) is 14.5. The highest BCUT2D eigenvalue weighted by molar-refractivity contribution is 6.66. The Morgan fingerprint density at radius 3 is 0.803 bits per heavy atom. The van der Waals surface area contributed by atoms with Crippen LogP contribution in [0.3, 0.4) is 0 Å². The van der Waals surface area contributed by atoms with E-state index in [9.17, 15) is 61.1 Å². The van der Waals surface area contributed by atoms with Crippen molar-refractivity contribution < 1.29 is 61.1 Å². The number of hydrogen-bond donors (Lipinski definition) is 9. The monoisotopic (exact) mass is 1670 g/mol. The fourth-order valence-corrected chi connectivity index (χ4v) is 14.3. The van der Waals surface area contributed by atoms with Gasteiger partial charge in [-0.15, -0.1) is 0 Å². The maximum absolute atomic E-state index is 13.5. The van der Waals surface area contributed by atoms with Gasteiger partial charge < -0.3 is 61.6 Å². The van der Waals surface area contributed by atoms with Gasteiger partial charge >= 0.3 is 0 Å². The minimum absolute atomic E-state index is 0.102. The SMILES string of the molecule is C=CC(=O)Cl.C=CC(=O)Nc1ccc(NC(=O)c2nn(Cc3ccc(F)cc3)c3c2CN(C(=O)c2ccc[nH]2)CC3C)cc1.C=CC(=O)Nc1ccc(NC(=O)c2nn(Cc3ccc(F)cc3)c3c2CN(C(=O)c2ccc[nH]2)C[C@@H]3C)cc1.C=CC(=O)Nc1ccc(NC(=O)c2nn(Cc3ccc(F)cc3)c3c2CN(C(=O)c2ccc[nH]2)C[C@H]3C)cc1. The molecule has 6 aromatic heterocycles. The molecule has 9 N–H and O–H groups in total. The normalized spacial score (nSPS) is 14.1. The summed E-state index contributed by atoms with van der Waals surface area (Å²) in [5.41, 5.74) is 12.4. The Morgan fingerprint density at radius 2 is 0.598 bits per heavy atom. The zero-order chi connectivity index (χ0) is 86.8. The largest absolute Gasteiger partial charge is 0.357 e. The molecule has 1 unspecified atom stereocenters. The van der Waals surface area contributed by atoms with Gasteiger partial charge in [-0.05, 0) is 198 Å². The summed E-state index contributed by atoms with van der Waals surface area (Å²) in [5, 5.41) is 30.1. The van der Waals surface area contributed by atoms with Gasteiger partial charge in [-0.3, -0.25) is 62.0 Å². The first-order valence-corrected chi connectivity index (χ1v) is 38.8. The van der Waals surface area contributed by atoms with E-state index in [1.54, 1.807) is 193 Å². The molecule has 9 heterocycles. The van der Waals surface area contributed by atoms with Gasteiger partial charge in [-0.1, -0.05) is 83.5 Å². The summed E-state index contributed by atoms with van der Waals surface area (Å²) >= 11 is 4.71. The van der Waals surface area contributed by atoms with E-state index in [1.165, 1.54) is 54.6 Å². The molecule has 28 nitrogen and oxygen atoms in total. The summed E-state index contributed by atoms with van der Waals surface area (Å²) in [6.45, 7) is 22.4. The van der Waals surface area contributed by atoms with Gasteiger partial charge in [-0.25, -0.2) is 13.2 Å². The van der Waals surface area contributed by atoms with E-state index in [0.717, 1.165) is 39.8 Å². The zero-order valence-electron chi connectivity index (χ0n) is 66.4. The van der Waals surface area contributed by atoms with Crippen LogP contribution in [0.25, 0.3) is 0 Å². The molecule has 122 heavy (non-hydrogen) atoms. The molecule has 3 aliphatic heterocycles. The third-order valence-electron chi connectivity index (χ3n) is 19.9. The third-order valence-corrected chi connectivity index (χ3v) is 20.0. The van der Waals surface area contributed by atoms with Crippen molar-refractivity contribution >= 4 is 104 Å². The molecule has 6 aromatic carbocycles. The lowest BCUT2D eigenvalue weighted by molar-refractivity contribution is -0.112. The first kappa shape index (κ1) is 86.1. The molecule has 15 rings (SSSR count). The zero-order valence-corrected chi connectivity index (χ0v) is 67.2. The number of amides is 9. The number of anilines is 6. The topological polar surface area (TPSA) is 353 Å². The Hall–Kier alpha value is -15.3. The quantitative estimate of drug-likeness (QED) is 0.0225. The first-order chi connectivity index (χ1) is 58.7. The van der Waals surface area contributed by atoms with Crippen LogP contribution in [0.5, 0.6) is 0 Å². The number of aromatic nitrogens is 9. The van der Waals surface area contributed by atoms with Crippen LogP contribution in [0.1, 0.15) is 152 Å². The molecule has 32 heteroatoms. The highest BCUT2D eigenvalue weighted by Gasteiger charge is 2.39. The summed E-state index contributed by atoms with van der Waals surface area (Å²) in [7, 11) is 0. The highest BCUT2D eigenvalue weighted by Crippen LogP contribution is 2.37. The van der Waals surface area contributed by atoms with Gasteiger partial charge in [0.15, 0.2) is 17.1 Å². The number of aromatic amines is 3. The molecule has 3 atom stereocenters. The van der Waals surface area contributed by atoms with Crippen molar-refractivity contribution in [1.82, 2.24) is 59.0 Å². The summed E-state index contributed by atoms with van der Waals surface area (Å²) < 4.78 is 45.7. The molecule has 0 bridgehead atoms. The Bertz CT molecular complexity index is 5310. The van der Waals surface area contributed by atoms with E-state index in [4.69, 9.17) is 11.6 Å². The van der Waals surface area contributed by atoms with E-state index >= 15 is 0 Å². The number of benzene rings is 6. The Kier molecular flexibility index (Phi) is 27.7. The molecule has 0 spiro atoms. The number of carbonyl (C=O) groups is 10. The first-order valence-electron chi connectivity index (χ1n) is 38.4. The molecule has 9 amide bonds. The van der Waals surface area contributed by atoms with Gasteiger partial charge in [0, 0.05) is 124 Å². The second-order valence-electron chi connectivity index (χ2n) is 28.7. The minimum Gasteiger partial charge on any atom is -0.357 e. The molecule has 622 valence electrons. The van der Waals surface area contributed by atoms with Crippen LogP contribution in [0.2, 0.25) is 0 Å². The van der Waals surface area contributed by atoms with Crippen molar-refractivity contribution in [3.05, 3.63) is 353 Å². The van der Waals surface area contributed by atoms with Crippen LogP contribution in [-0.2, 0) is 58.4 Å². The number of nitrogens with zero attached hydrogens (tertiary/aromatic N) is 9. The van der Waals surface area contributed by atoms with Crippen molar-refractivity contribution in [1.29, 1.82) is 0 Å². The van der Waals surface area contributed by atoms with Gasteiger partial charge in [0.1, 0.15) is 34.5 Å². The summed E-state index contributed by atoms with van der Waals surface area (Å²) in [5.74, 6) is -4.05. The van der Waals surface area contributed by atoms with Crippen molar-refractivity contribution in [3.63, 3.8) is 0 Å². The number of halogens is 4. The van der Waals surface area contributed by atoms with Crippen LogP contribution in [-0.4, -0.2) is 137 Å². The summed E-state index contributed by atoms with van der Waals surface area (Å²) in [6.07, 6.45) is 9.64. The maximum Gasteiger partial charge on any atom is 0.276 e. The molecule has 0 radical (unpaired) electrons. The Morgan fingerprint density at radius 1 is 0.369 bits per heavy atom. The van der Waals surface area contributed by atoms with E-state index < -0.39 is 23.0 Å². The lowest BCUT2D eigenvalue weighted by Gasteiger charge is -2.32. The average Bonchev–Trinajstić information content (AvgIpc) is 1.62. The van der Waals surface area contributed by atoms with Crippen LogP contribution in [0.15, 0.2) is 251 Å². The second-order valence-corrected chi connectivity index (χ2v) is 29.1. The van der Waals surface area contributed by atoms with Crippen molar-refractivity contribution in [2.75, 3.05) is 51.5 Å². The van der Waals surface area contributed by atoms with E-state index in [1.807, 2.05) is 20.8 Å². The van der Waals surface area contributed by atoms with Gasteiger partial charge in [-0.2, -0.15) is 15.3 Å². The number of fused-ring (bicyclic) bond motifs is 3. The van der Waals surface area contributed by atoms with E-state index in [0.29, 0.717) is 107 Å². The fourth-order valence-electron chi connectivity index (χ4n) is 14.3.